The molecule has 0 aliphatic heterocycles. The van der Waals surface area contributed by atoms with E-state index in [4.69, 9.17) is 4.52 Å². The zero-order chi connectivity index (χ0) is 19.3. The molecule has 0 spiro atoms. The number of anilines is 1. The molecule has 0 unspecified atom stereocenters. The van der Waals surface area contributed by atoms with Gasteiger partial charge in [-0.1, -0.05) is 59.8 Å². The molecule has 6 heteroatoms. The summed E-state index contributed by atoms with van der Waals surface area (Å²) in [6, 6.07) is 24.8. The summed E-state index contributed by atoms with van der Waals surface area (Å²) in [5, 5.41) is 7.03. The highest BCUT2D eigenvalue weighted by Gasteiger charge is 2.16. The molecule has 0 fully saturated rings. The fraction of sp³-hybridized carbons (Fsp3) is 0.0455. The van der Waals surface area contributed by atoms with Gasteiger partial charge < -0.3 is 9.84 Å². The molecule has 0 saturated carbocycles. The van der Waals surface area contributed by atoms with Gasteiger partial charge in [-0.2, -0.15) is 4.98 Å². The third kappa shape index (κ3) is 4.12. The van der Waals surface area contributed by atoms with Crippen LogP contribution in [0, 0.1) is 3.57 Å². The SMILES string of the molecule is O=C(Nc1ccccc1-c1nc(Cc2ccccc2)no1)c1ccccc1I. The summed E-state index contributed by atoms with van der Waals surface area (Å²) in [5.74, 6) is 0.797. The predicted molar refractivity (Wildman–Crippen MR) is 116 cm³/mol. The zero-order valence-electron chi connectivity index (χ0n) is 14.8. The van der Waals surface area contributed by atoms with Crippen LogP contribution in [-0.2, 0) is 6.42 Å². The third-order valence-corrected chi connectivity index (χ3v) is 5.14. The fourth-order valence-corrected chi connectivity index (χ4v) is 3.46. The molecule has 0 saturated heterocycles. The minimum atomic E-state index is -0.179. The van der Waals surface area contributed by atoms with Crippen LogP contribution in [-0.4, -0.2) is 16.0 Å². The molecule has 0 aliphatic rings. The predicted octanol–water partition coefficient (Wildman–Crippen LogP) is 5.18. The van der Waals surface area contributed by atoms with Crippen molar-refractivity contribution >= 4 is 34.2 Å². The molecule has 1 N–H and O–H groups in total. The molecule has 0 atom stereocenters. The topological polar surface area (TPSA) is 68.0 Å². The Balaban J connectivity index is 1.58. The molecule has 1 heterocycles. The van der Waals surface area contributed by atoms with Crippen LogP contribution in [0.5, 0.6) is 0 Å². The summed E-state index contributed by atoms with van der Waals surface area (Å²) in [6.07, 6.45) is 0.584. The Hall–Kier alpha value is -3.00. The number of nitrogens with zero attached hydrogens (tertiary/aromatic N) is 2. The van der Waals surface area contributed by atoms with Gasteiger partial charge >= 0.3 is 0 Å². The van der Waals surface area contributed by atoms with E-state index in [1.165, 1.54) is 0 Å². The largest absolute Gasteiger partial charge is 0.334 e. The highest BCUT2D eigenvalue weighted by molar-refractivity contribution is 14.1. The van der Waals surface area contributed by atoms with E-state index in [0.717, 1.165) is 9.13 Å². The van der Waals surface area contributed by atoms with E-state index < -0.39 is 0 Å². The molecule has 1 aromatic heterocycles. The summed E-state index contributed by atoms with van der Waals surface area (Å²) in [4.78, 5) is 17.2. The van der Waals surface area contributed by atoms with Gasteiger partial charge in [0.25, 0.3) is 11.8 Å². The van der Waals surface area contributed by atoms with Gasteiger partial charge in [0.1, 0.15) is 0 Å². The number of hydrogen-bond acceptors (Lipinski definition) is 4. The van der Waals surface area contributed by atoms with E-state index in [0.29, 0.717) is 35.0 Å². The van der Waals surface area contributed by atoms with Crippen molar-refractivity contribution in [3.8, 4) is 11.5 Å². The third-order valence-electron chi connectivity index (χ3n) is 4.20. The molecular weight excluding hydrogens is 465 g/mol. The van der Waals surface area contributed by atoms with Crippen LogP contribution in [0.1, 0.15) is 21.7 Å². The van der Waals surface area contributed by atoms with Crippen LogP contribution in [0.25, 0.3) is 11.5 Å². The van der Waals surface area contributed by atoms with Crippen LogP contribution < -0.4 is 5.32 Å². The average Bonchev–Trinajstić information content (AvgIpc) is 3.17. The van der Waals surface area contributed by atoms with Gasteiger partial charge in [0.05, 0.1) is 16.8 Å². The maximum absolute atomic E-state index is 12.7. The number of benzene rings is 3. The molecule has 0 radical (unpaired) electrons. The Morgan fingerprint density at radius 2 is 1.64 bits per heavy atom. The first-order chi connectivity index (χ1) is 13.7. The van der Waals surface area contributed by atoms with Crippen LogP contribution in [0.15, 0.2) is 83.4 Å². The highest BCUT2D eigenvalue weighted by Crippen LogP contribution is 2.27. The van der Waals surface area contributed by atoms with Crippen LogP contribution in [0.2, 0.25) is 0 Å². The second-order valence-corrected chi connectivity index (χ2v) is 7.32. The van der Waals surface area contributed by atoms with Crippen molar-refractivity contribution in [1.82, 2.24) is 10.1 Å². The maximum Gasteiger partial charge on any atom is 0.260 e. The monoisotopic (exact) mass is 481 g/mol. The van der Waals surface area contributed by atoms with E-state index in [1.54, 1.807) is 6.07 Å². The first-order valence-electron chi connectivity index (χ1n) is 8.72. The average molecular weight is 481 g/mol. The number of aromatic nitrogens is 2. The minimum absolute atomic E-state index is 0.179. The van der Waals surface area contributed by atoms with E-state index in [9.17, 15) is 4.79 Å². The lowest BCUT2D eigenvalue weighted by atomic mass is 10.1. The first-order valence-corrected chi connectivity index (χ1v) is 9.80. The maximum atomic E-state index is 12.7. The van der Waals surface area contributed by atoms with Crippen molar-refractivity contribution in [2.75, 3.05) is 5.32 Å². The van der Waals surface area contributed by atoms with Gasteiger partial charge in [0.15, 0.2) is 5.82 Å². The zero-order valence-corrected chi connectivity index (χ0v) is 17.0. The van der Waals surface area contributed by atoms with Gasteiger partial charge in [-0.05, 0) is 52.4 Å². The molecule has 28 heavy (non-hydrogen) atoms. The highest BCUT2D eigenvalue weighted by atomic mass is 127. The van der Waals surface area contributed by atoms with E-state index in [2.05, 4.69) is 38.0 Å². The molecule has 4 aromatic rings. The molecule has 4 rings (SSSR count). The Labute approximate surface area is 175 Å². The van der Waals surface area contributed by atoms with Crippen LogP contribution >= 0.6 is 22.6 Å². The molecule has 5 nitrogen and oxygen atoms in total. The van der Waals surface area contributed by atoms with Gasteiger partial charge in [-0.15, -0.1) is 0 Å². The lowest BCUT2D eigenvalue weighted by molar-refractivity contribution is 0.102. The quantitative estimate of drug-likeness (QED) is 0.399. The first kappa shape index (κ1) is 18.4. The fourth-order valence-electron chi connectivity index (χ4n) is 2.83. The van der Waals surface area contributed by atoms with Crippen molar-refractivity contribution in [2.24, 2.45) is 0 Å². The number of amides is 1. The summed E-state index contributed by atoms with van der Waals surface area (Å²) in [6.45, 7) is 0. The van der Waals surface area contributed by atoms with Crippen LogP contribution in [0.4, 0.5) is 5.69 Å². The number of para-hydroxylation sites is 1. The summed E-state index contributed by atoms with van der Waals surface area (Å²) < 4.78 is 6.35. The number of carbonyl (C=O) groups excluding carboxylic acids is 1. The van der Waals surface area contributed by atoms with Crippen molar-refractivity contribution in [2.45, 2.75) is 6.42 Å². The van der Waals surface area contributed by atoms with Gasteiger partial charge in [-0.25, -0.2) is 0 Å². The van der Waals surface area contributed by atoms with Crippen molar-refractivity contribution in [1.29, 1.82) is 0 Å². The number of rotatable bonds is 5. The second kappa shape index (κ2) is 8.35. The molecule has 138 valence electrons. The standard InChI is InChI=1S/C22H16IN3O2/c23-18-12-6-4-10-16(18)21(27)24-19-13-7-5-11-17(19)22-25-20(26-28-22)14-15-8-2-1-3-9-15/h1-13H,14H2,(H,24,27). The summed E-state index contributed by atoms with van der Waals surface area (Å²) in [7, 11) is 0. The minimum Gasteiger partial charge on any atom is -0.334 e. The van der Waals surface area contributed by atoms with E-state index >= 15 is 0 Å². The smallest absolute Gasteiger partial charge is 0.260 e. The van der Waals surface area contributed by atoms with Gasteiger partial charge in [-0.3, -0.25) is 4.79 Å². The van der Waals surface area contributed by atoms with Crippen molar-refractivity contribution in [3.05, 3.63) is 99.4 Å². The number of carbonyl (C=O) groups is 1. The summed E-state index contributed by atoms with van der Waals surface area (Å²) in [5.41, 5.74) is 3.04. The van der Waals surface area contributed by atoms with Gasteiger partial charge in [0.2, 0.25) is 0 Å². The molecule has 0 bridgehead atoms. The van der Waals surface area contributed by atoms with E-state index in [-0.39, 0.29) is 5.91 Å². The summed E-state index contributed by atoms with van der Waals surface area (Å²) >= 11 is 2.15. The molecule has 0 aliphatic carbocycles. The normalized spacial score (nSPS) is 10.6. The second-order valence-electron chi connectivity index (χ2n) is 6.16. The van der Waals surface area contributed by atoms with E-state index in [1.807, 2.05) is 72.8 Å². The van der Waals surface area contributed by atoms with Crippen LogP contribution in [0.3, 0.4) is 0 Å². The van der Waals surface area contributed by atoms with Gasteiger partial charge in [0, 0.05) is 9.99 Å². The molecular formula is C22H16IN3O2. The lowest BCUT2D eigenvalue weighted by Gasteiger charge is -2.09. The number of halogens is 1. The lowest BCUT2D eigenvalue weighted by Crippen LogP contribution is -2.14. The Morgan fingerprint density at radius 1 is 0.929 bits per heavy atom. The number of nitrogens with one attached hydrogen (secondary N) is 1. The Morgan fingerprint density at radius 3 is 2.46 bits per heavy atom. The van der Waals surface area contributed by atoms with Crippen molar-refractivity contribution < 1.29 is 9.32 Å². The molecule has 1 amide bonds. The Bertz CT molecular complexity index is 1110. The number of hydrogen-bond donors (Lipinski definition) is 1. The van der Waals surface area contributed by atoms with Crippen molar-refractivity contribution in [3.63, 3.8) is 0 Å². The molecule has 3 aromatic carbocycles. The Kier molecular flexibility index (Phi) is 5.48.